The number of nitrogens with zero attached hydrogens (tertiary/aromatic N) is 3. The summed E-state index contributed by atoms with van der Waals surface area (Å²) in [5, 5.41) is 14.4. The second-order valence-corrected chi connectivity index (χ2v) is 6.17. The molecule has 7 heteroatoms. The minimum absolute atomic E-state index is 0.118. The summed E-state index contributed by atoms with van der Waals surface area (Å²) in [6.07, 6.45) is 7.06. The van der Waals surface area contributed by atoms with Gasteiger partial charge in [0.2, 0.25) is 0 Å². The topological polar surface area (TPSA) is 81.1 Å². The van der Waals surface area contributed by atoms with E-state index in [0.717, 1.165) is 58.4 Å². The second kappa shape index (κ2) is 7.69. The molecule has 0 aromatic carbocycles. The lowest BCUT2D eigenvalue weighted by molar-refractivity contribution is 0.0636. The van der Waals surface area contributed by atoms with Gasteiger partial charge in [-0.3, -0.25) is 4.79 Å². The molecular weight excluding hydrogens is 282 g/mol. The Morgan fingerprint density at radius 1 is 1.32 bits per heavy atom. The number of ether oxygens (including phenoxy) is 1. The van der Waals surface area contributed by atoms with Gasteiger partial charge in [0, 0.05) is 19.8 Å². The summed E-state index contributed by atoms with van der Waals surface area (Å²) >= 11 is 0. The molecule has 2 saturated heterocycles. The summed E-state index contributed by atoms with van der Waals surface area (Å²) in [5.41, 5.74) is 0.422. The Labute approximate surface area is 130 Å². The summed E-state index contributed by atoms with van der Waals surface area (Å²) in [6.45, 7) is 4.39. The van der Waals surface area contributed by atoms with Gasteiger partial charge in [0.25, 0.3) is 5.91 Å². The first kappa shape index (κ1) is 15.4. The van der Waals surface area contributed by atoms with E-state index in [2.05, 4.69) is 20.9 Å². The van der Waals surface area contributed by atoms with Crippen LogP contribution in [0.25, 0.3) is 0 Å². The van der Waals surface area contributed by atoms with E-state index < -0.39 is 0 Å². The SMILES string of the molecule is O=C(NCCC1CCOCC1)c1cn(C2CCNCC2)nn1. The summed E-state index contributed by atoms with van der Waals surface area (Å²) in [6, 6.07) is 0.359. The van der Waals surface area contributed by atoms with Crippen LogP contribution in [-0.4, -0.2) is 53.7 Å². The fraction of sp³-hybridized carbons (Fsp3) is 0.800. The molecule has 0 atom stereocenters. The molecule has 0 radical (unpaired) electrons. The first-order valence-corrected chi connectivity index (χ1v) is 8.31. The third kappa shape index (κ3) is 4.04. The van der Waals surface area contributed by atoms with Crippen LogP contribution in [0.4, 0.5) is 0 Å². The van der Waals surface area contributed by atoms with E-state index in [-0.39, 0.29) is 5.91 Å². The standard InChI is InChI=1S/C15H25N5O2/c21-15(17-8-1-12-4-9-22-10-5-12)14-11-20(19-18-14)13-2-6-16-7-3-13/h11-13,16H,1-10H2,(H,17,21). The number of carbonyl (C=O) groups is 1. The Morgan fingerprint density at radius 3 is 2.86 bits per heavy atom. The van der Waals surface area contributed by atoms with Gasteiger partial charge in [-0.15, -0.1) is 5.10 Å². The summed E-state index contributed by atoms with van der Waals surface area (Å²) in [4.78, 5) is 12.1. The highest BCUT2D eigenvalue weighted by Crippen LogP contribution is 2.18. The van der Waals surface area contributed by atoms with Crippen molar-refractivity contribution in [2.45, 2.75) is 38.1 Å². The first-order valence-electron chi connectivity index (χ1n) is 8.31. The molecule has 2 fully saturated rings. The maximum atomic E-state index is 12.1. The molecule has 0 spiro atoms. The van der Waals surface area contributed by atoms with Crippen LogP contribution in [0.3, 0.4) is 0 Å². The van der Waals surface area contributed by atoms with Crippen LogP contribution in [-0.2, 0) is 4.74 Å². The molecule has 0 unspecified atom stereocenters. The third-order valence-electron chi connectivity index (χ3n) is 4.60. The average molecular weight is 307 g/mol. The highest BCUT2D eigenvalue weighted by Gasteiger charge is 2.19. The largest absolute Gasteiger partial charge is 0.381 e. The molecule has 1 aromatic heterocycles. The smallest absolute Gasteiger partial charge is 0.273 e. The van der Waals surface area contributed by atoms with Crippen molar-refractivity contribution in [2.24, 2.45) is 5.92 Å². The Kier molecular flexibility index (Phi) is 5.39. The fourth-order valence-electron chi connectivity index (χ4n) is 3.15. The zero-order valence-electron chi connectivity index (χ0n) is 13.0. The third-order valence-corrected chi connectivity index (χ3v) is 4.60. The van der Waals surface area contributed by atoms with Gasteiger partial charge >= 0.3 is 0 Å². The molecule has 1 amide bonds. The van der Waals surface area contributed by atoms with Crippen LogP contribution in [0, 0.1) is 5.92 Å². The average Bonchev–Trinajstić information content (AvgIpc) is 3.07. The molecule has 3 rings (SSSR count). The highest BCUT2D eigenvalue weighted by molar-refractivity contribution is 5.91. The van der Waals surface area contributed by atoms with Crippen LogP contribution in [0.15, 0.2) is 6.20 Å². The minimum atomic E-state index is -0.118. The molecule has 22 heavy (non-hydrogen) atoms. The van der Waals surface area contributed by atoms with Crippen molar-refractivity contribution in [3.8, 4) is 0 Å². The number of hydrogen-bond donors (Lipinski definition) is 2. The van der Waals surface area contributed by atoms with Crippen molar-refractivity contribution < 1.29 is 9.53 Å². The Balaban J connectivity index is 1.44. The lowest BCUT2D eigenvalue weighted by Crippen LogP contribution is -2.29. The van der Waals surface area contributed by atoms with E-state index in [4.69, 9.17) is 4.74 Å². The van der Waals surface area contributed by atoms with E-state index in [1.165, 1.54) is 0 Å². The van der Waals surface area contributed by atoms with E-state index in [9.17, 15) is 4.79 Å². The molecule has 0 bridgehead atoms. The van der Waals surface area contributed by atoms with E-state index in [1.54, 1.807) is 6.20 Å². The maximum Gasteiger partial charge on any atom is 0.273 e. The van der Waals surface area contributed by atoms with Gasteiger partial charge in [0.05, 0.1) is 12.2 Å². The Hall–Kier alpha value is -1.47. The summed E-state index contributed by atoms with van der Waals surface area (Å²) < 4.78 is 7.19. The molecule has 2 N–H and O–H groups in total. The summed E-state index contributed by atoms with van der Waals surface area (Å²) in [5.74, 6) is 0.548. The van der Waals surface area contributed by atoms with Crippen LogP contribution in [0.2, 0.25) is 0 Å². The number of aromatic nitrogens is 3. The predicted octanol–water partition coefficient (Wildman–Crippen LogP) is 0.749. The zero-order chi connectivity index (χ0) is 15.2. The van der Waals surface area contributed by atoms with Gasteiger partial charge in [-0.2, -0.15) is 0 Å². The Morgan fingerprint density at radius 2 is 2.09 bits per heavy atom. The lowest BCUT2D eigenvalue weighted by atomic mass is 9.97. The highest BCUT2D eigenvalue weighted by atomic mass is 16.5. The molecule has 7 nitrogen and oxygen atoms in total. The van der Waals surface area contributed by atoms with E-state index >= 15 is 0 Å². The van der Waals surface area contributed by atoms with Crippen molar-refractivity contribution in [1.29, 1.82) is 0 Å². The molecule has 0 saturated carbocycles. The van der Waals surface area contributed by atoms with Gasteiger partial charge in [-0.25, -0.2) is 4.68 Å². The summed E-state index contributed by atoms with van der Waals surface area (Å²) in [7, 11) is 0. The monoisotopic (exact) mass is 307 g/mol. The van der Waals surface area contributed by atoms with Gasteiger partial charge in [0.15, 0.2) is 5.69 Å². The molecule has 0 aliphatic carbocycles. The molecule has 122 valence electrons. The van der Waals surface area contributed by atoms with Crippen molar-refractivity contribution in [2.75, 3.05) is 32.8 Å². The molecule has 1 aromatic rings. The fourth-order valence-corrected chi connectivity index (χ4v) is 3.15. The van der Waals surface area contributed by atoms with Crippen molar-refractivity contribution in [3.63, 3.8) is 0 Å². The lowest BCUT2D eigenvalue weighted by Gasteiger charge is -2.22. The van der Waals surface area contributed by atoms with Gasteiger partial charge in [-0.05, 0) is 51.1 Å². The van der Waals surface area contributed by atoms with Gasteiger partial charge in [-0.1, -0.05) is 5.21 Å². The minimum Gasteiger partial charge on any atom is -0.381 e. The number of rotatable bonds is 5. The van der Waals surface area contributed by atoms with Crippen LogP contribution < -0.4 is 10.6 Å². The zero-order valence-corrected chi connectivity index (χ0v) is 13.0. The Bertz CT molecular complexity index is 478. The van der Waals surface area contributed by atoms with Crippen LogP contribution in [0.1, 0.15) is 48.6 Å². The van der Waals surface area contributed by atoms with Gasteiger partial charge in [0.1, 0.15) is 0 Å². The van der Waals surface area contributed by atoms with Crippen LogP contribution >= 0.6 is 0 Å². The molecular formula is C15H25N5O2. The van der Waals surface area contributed by atoms with Gasteiger partial charge < -0.3 is 15.4 Å². The molecule has 2 aliphatic heterocycles. The van der Waals surface area contributed by atoms with Crippen molar-refractivity contribution in [3.05, 3.63) is 11.9 Å². The number of amides is 1. The predicted molar refractivity (Wildman–Crippen MR) is 81.7 cm³/mol. The quantitative estimate of drug-likeness (QED) is 0.839. The number of carbonyl (C=O) groups excluding carboxylic acids is 1. The molecule has 3 heterocycles. The van der Waals surface area contributed by atoms with Crippen LogP contribution in [0.5, 0.6) is 0 Å². The number of nitrogens with one attached hydrogen (secondary N) is 2. The number of hydrogen-bond acceptors (Lipinski definition) is 5. The van der Waals surface area contributed by atoms with Crippen molar-refractivity contribution >= 4 is 5.91 Å². The first-order chi connectivity index (χ1) is 10.8. The van der Waals surface area contributed by atoms with E-state index in [0.29, 0.717) is 24.2 Å². The van der Waals surface area contributed by atoms with E-state index in [1.807, 2.05) is 4.68 Å². The second-order valence-electron chi connectivity index (χ2n) is 6.17. The normalized spacial score (nSPS) is 20.9. The molecule has 2 aliphatic rings. The maximum absolute atomic E-state index is 12.1. The number of piperidine rings is 1. The van der Waals surface area contributed by atoms with Crippen molar-refractivity contribution in [1.82, 2.24) is 25.6 Å².